The third-order valence-corrected chi connectivity index (χ3v) is 3.79. The molecule has 2 rings (SSSR count). The van der Waals surface area contributed by atoms with Crippen molar-refractivity contribution in [2.75, 3.05) is 6.61 Å². The molecule has 1 heterocycles. The van der Waals surface area contributed by atoms with E-state index in [1.54, 1.807) is 11.3 Å². The van der Waals surface area contributed by atoms with Gasteiger partial charge in [-0.3, -0.25) is 0 Å². The van der Waals surface area contributed by atoms with Crippen molar-refractivity contribution >= 4 is 22.9 Å². The van der Waals surface area contributed by atoms with Crippen LogP contribution in [0, 0.1) is 0 Å². The Kier molecular flexibility index (Phi) is 5.70. The summed E-state index contributed by atoms with van der Waals surface area (Å²) in [5, 5.41) is 6.26. The SMILES string of the molecule is CCCOc1ccc(Cl)cc1CNCc1cccs1. The minimum absolute atomic E-state index is 0.736. The zero-order chi connectivity index (χ0) is 13.5. The Morgan fingerprint density at radius 2 is 2.16 bits per heavy atom. The minimum atomic E-state index is 0.736. The van der Waals surface area contributed by atoms with Crippen LogP contribution in [0.1, 0.15) is 23.8 Å². The van der Waals surface area contributed by atoms with Crippen LogP contribution in [-0.4, -0.2) is 6.61 Å². The van der Waals surface area contributed by atoms with E-state index in [2.05, 4.69) is 29.8 Å². The maximum Gasteiger partial charge on any atom is 0.123 e. The van der Waals surface area contributed by atoms with Crippen molar-refractivity contribution in [2.24, 2.45) is 0 Å². The molecule has 2 nitrogen and oxygen atoms in total. The Morgan fingerprint density at radius 3 is 2.89 bits per heavy atom. The van der Waals surface area contributed by atoms with Gasteiger partial charge in [0.15, 0.2) is 0 Å². The maximum atomic E-state index is 6.05. The molecule has 102 valence electrons. The molecule has 4 heteroatoms. The smallest absolute Gasteiger partial charge is 0.123 e. The van der Waals surface area contributed by atoms with E-state index in [1.165, 1.54) is 4.88 Å². The fourth-order valence-corrected chi connectivity index (χ4v) is 2.64. The molecule has 0 radical (unpaired) electrons. The molecule has 0 aliphatic carbocycles. The molecule has 1 aromatic heterocycles. The lowest BCUT2D eigenvalue weighted by Crippen LogP contribution is -2.13. The number of nitrogens with one attached hydrogen (secondary N) is 1. The predicted molar refractivity (Wildman–Crippen MR) is 82.1 cm³/mol. The van der Waals surface area contributed by atoms with Crippen LogP contribution in [0.4, 0.5) is 0 Å². The summed E-state index contributed by atoms with van der Waals surface area (Å²) >= 11 is 7.81. The van der Waals surface area contributed by atoms with Crippen molar-refractivity contribution < 1.29 is 4.74 Å². The lowest BCUT2D eigenvalue weighted by Gasteiger charge is -2.12. The van der Waals surface area contributed by atoms with Crippen molar-refractivity contribution in [2.45, 2.75) is 26.4 Å². The topological polar surface area (TPSA) is 21.3 Å². The van der Waals surface area contributed by atoms with E-state index >= 15 is 0 Å². The highest BCUT2D eigenvalue weighted by Crippen LogP contribution is 2.23. The third-order valence-electron chi connectivity index (χ3n) is 2.68. The molecule has 2 aromatic rings. The van der Waals surface area contributed by atoms with Gasteiger partial charge < -0.3 is 10.1 Å². The molecule has 0 saturated heterocycles. The molecule has 19 heavy (non-hydrogen) atoms. The van der Waals surface area contributed by atoms with E-state index in [9.17, 15) is 0 Å². The molecule has 0 unspecified atom stereocenters. The lowest BCUT2D eigenvalue weighted by molar-refractivity contribution is 0.313. The van der Waals surface area contributed by atoms with Crippen LogP contribution in [0.15, 0.2) is 35.7 Å². The van der Waals surface area contributed by atoms with Crippen molar-refractivity contribution in [3.05, 3.63) is 51.2 Å². The van der Waals surface area contributed by atoms with E-state index in [1.807, 2.05) is 18.2 Å². The van der Waals surface area contributed by atoms with Crippen LogP contribution in [0.25, 0.3) is 0 Å². The largest absolute Gasteiger partial charge is 0.493 e. The summed E-state index contributed by atoms with van der Waals surface area (Å²) < 4.78 is 5.73. The maximum absolute atomic E-state index is 6.05. The number of halogens is 1. The van der Waals surface area contributed by atoms with Gasteiger partial charge in [-0.2, -0.15) is 0 Å². The average molecular weight is 296 g/mol. The van der Waals surface area contributed by atoms with Gasteiger partial charge in [0.1, 0.15) is 5.75 Å². The predicted octanol–water partition coefficient (Wildman–Crippen LogP) is 4.48. The molecule has 0 spiro atoms. The normalized spacial score (nSPS) is 10.6. The summed E-state index contributed by atoms with van der Waals surface area (Å²) in [4.78, 5) is 1.33. The van der Waals surface area contributed by atoms with Gasteiger partial charge in [-0.25, -0.2) is 0 Å². The van der Waals surface area contributed by atoms with Gasteiger partial charge in [0.05, 0.1) is 6.61 Å². The van der Waals surface area contributed by atoms with Crippen LogP contribution < -0.4 is 10.1 Å². The quantitative estimate of drug-likeness (QED) is 0.813. The van der Waals surface area contributed by atoms with E-state index in [0.29, 0.717) is 0 Å². The van der Waals surface area contributed by atoms with Gasteiger partial charge in [0.2, 0.25) is 0 Å². The van der Waals surface area contributed by atoms with Crippen molar-refractivity contribution in [1.29, 1.82) is 0 Å². The summed E-state index contributed by atoms with van der Waals surface area (Å²) in [6.45, 7) is 4.47. The van der Waals surface area contributed by atoms with E-state index < -0.39 is 0 Å². The standard InChI is InChI=1S/C15H18ClNOS/c1-2-7-18-15-6-5-13(16)9-12(15)10-17-11-14-4-3-8-19-14/h3-6,8-9,17H,2,7,10-11H2,1H3. The highest BCUT2D eigenvalue weighted by Gasteiger charge is 2.05. The molecule has 0 saturated carbocycles. The van der Waals surface area contributed by atoms with E-state index in [0.717, 1.165) is 42.5 Å². The fourth-order valence-electron chi connectivity index (χ4n) is 1.77. The Morgan fingerprint density at radius 1 is 1.26 bits per heavy atom. The molecule has 0 fully saturated rings. The van der Waals surface area contributed by atoms with Crippen LogP contribution in [0.2, 0.25) is 5.02 Å². The fraction of sp³-hybridized carbons (Fsp3) is 0.333. The molecule has 1 N–H and O–H groups in total. The molecule has 0 atom stereocenters. The zero-order valence-corrected chi connectivity index (χ0v) is 12.6. The Balaban J connectivity index is 1.95. The molecular formula is C15H18ClNOS. The van der Waals surface area contributed by atoms with Gasteiger partial charge in [-0.1, -0.05) is 24.6 Å². The first kappa shape index (κ1) is 14.4. The molecular weight excluding hydrogens is 278 g/mol. The summed E-state index contributed by atoms with van der Waals surface area (Å²) in [5.41, 5.74) is 1.11. The summed E-state index contributed by atoms with van der Waals surface area (Å²) in [6, 6.07) is 9.98. The molecule has 0 aliphatic rings. The van der Waals surface area contributed by atoms with Crippen molar-refractivity contribution in [3.63, 3.8) is 0 Å². The van der Waals surface area contributed by atoms with Gasteiger partial charge in [-0.05, 0) is 36.1 Å². The minimum Gasteiger partial charge on any atom is -0.493 e. The van der Waals surface area contributed by atoms with Gasteiger partial charge in [-0.15, -0.1) is 11.3 Å². The molecule has 0 bridgehead atoms. The monoisotopic (exact) mass is 295 g/mol. The number of hydrogen-bond acceptors (Lipinski definition) is 3. The molecule has 0 aliphatic heterocycles. The number of hydrogen-bond donors (Lipinski definition) is 1. The number of thiophene rings is 1. The van der Waals surface area contributed by atoms with Gasteiger partial charge in [0.25, 0.3) is 0 Å². The van der Waals surface area contributed by atoms with E-state index in [4.69, 9.17) is 16.3 Å². The van der Waals surface area contributed by atoms with Crippen LogP contribution in [0.3, 0.4) is 0 Å². The Hall–Kier alpha value is -1.03. The van der Waals surface area contributed by atoms with Crippen molar-refractivity contribution in [1.82, 2.24) is 5.32 Å². The van der Waals surface area contributed by atoms with Crippen LogP contribution >= 0.6 is 22.9 Å². The van der Waals surface area contributed by atoms with Gasteiger partial charge >= 0.3 is 0 Å². The second-order valence-corrected chi connectivity index (χ2v) is 5.75. The summed E-state index contributed by atoms with van der Waals surface area (Å²) in [7, 11) is 0. The highest BCUT2D eigenvalue weighted by molar-refractivity contribution is 7.09. The Bertz CT molecular complexity index is 499. The van der Waals surface area contributed by atoms with Gasteiger partial charge in [0, 0.05) is 28.6 Å². The van der Waals surface area contributed by atoms with Crippen LogP contribution in [0.5, 0.6) is 5.75 Å². The first-order valence-electron chi connectivity index (χ1n) is 6.44. The number of benzene rings is 1. The van der Waals surface area contributed by atoms with Crippen molar-refractivity contribution in [3.8, 4) is 5.75 Å². The molecule has 1 aromatic carbocycles. The average Bonchev–Trinajstić information content (AvgIpc) is 2.91. The second kappa shape index (κ2) is 7.53. The van der Waals surface area contributed by atoms with E-state index in [-0.39, 0.29) is 0 Å². The van der Waals surface area contributed by atoms with Crippen LogP contribution in [-0.2, 0) is 13.1 Å². The second-order valence-electron chi connectivity index (χ2n) is 4.28. The summed E-state index contributed by atoms with van der Waals surface area (Å²) in [5.74, 6) is 0.921. The zero-order valence-electron chi connectivity index (χ0n) is 11.0. The number of rotatable bonds is 7. The molecule has 0 amide bonds. The first-order valence-corrected chi connectivity index (χ1v) is 7.69. The number of ether oxygens (including phenoxy) is 1. The highest BCUT2D eigenvalue weighted by atomic mass is 35.5. The summed E-state index contributed by atoms with van der Waals surface area (Å²) in [6.07, 6.45) is 1.00. The Labute approximate surface area is 123 Å². The lowest BCUT2D eigenvalue weighted by atomic mass is 10.2. The first-order chi connectivity index (χ1) is 9.29. The third kappa shape index (κ3) is 4.53.